The van der Waals surface area contributed by atoms with Gasteiger partial charge in [-0.2, -0.15) is 0 Å². The van der Waals surface area contributed by atoms with E-state index in [2.05, 4.69) is 0 Å². The second kappa shape index (κ2) is 6.62. The summed E-state index contributed by atoms with van der Waals surface area (Å²) >= 11 is 0. The number of hydrogen-bond donors (Lipinski definition) is 1. The lowest BCUT2D eigenvalue weighted by molar-refractivity contribution is -0.139. The van der Waals surface area contributed by atoms with E-state index >= 15 is 0 Å². The monoisotopic (exact) mass is 299 g/mol. The number of amides is 1. The minimum atomic E-state index is -1.17. The summed E-state index contributed by atoms with van der Waals surface area (Å²) in [5.74, 6) is 0.256. The number of methoxy groups -OCH3 is 1. The van der Waals surface area contributed by atoms with Crippen LogP contribution in [0.4, 0.5) is 0 Å². The smallest absolute Gasteiger partial charge is 0.254 e. The van der Waals surface area contributed by atoms with Crippen molar-refractivity contribution in [2.75, 3.05) is 7.11 Å². The number of carbonyl (C=O) groups is 1. The van der Waals surface area contributed by atoms with Crippen LogP contribution in [-0.4, -0.2) is 13.0 Å². The number of rotatable bonds is 6. The van der Waals surface area contributed by atoms with Crippen LogP contribution in [0.25, 0.3) is 0 Å². The molecular weight excluding hydrogens is 278 g/mol. The zero-order chi connectivity index (χ0) is 16.2. The number of primary amides is 1. The quantitative estimate of drug-likeness (QED) is 0.892. The van der Waals surface area contributed by atoms with Gasteiger partial charge in [0.2, 0.25) is 0 Å². The van der Waals surface area contributed by atoms with Crippen LogP contribution in [-0.2, 0) is 21.7 Å². The molecule has 116 valence electrons. The van der Waals surface area contributed by atoms with Crippen molar-refractivity contribution in [2.45, 2.75) is 26.1 Å². The molecule has 4 heteroatoms. The molecule has 1 atom stereocenters. The molecule has 0 saturated heterocycles. The summed E-state index contributed by atoms with van der Waals surface area (Å²) in [6, 6.07) is 15.3. The summed E-state index contributed by atoms with van der Waals surface area (Å²) in [5, 5.41) is 0. The van der Waals surface area contributed by atoms with Crippen LogP contribution >= 0.6 is 0 Å². The first-order chi connectivity index (χ1) is 10.5. The Bertz CT molecular complexity index is 669. The Kier molecular flexibility index (Phi) is 4.83. The van der Waals surface area contributed by atoms with Crippen molar-refractivity contribution < 1.29 is 14.3 Å². The molecule has 0 heterocycles. The van der Waals surface area contributed by atoms with Gasteiger partial charge in [0.25, 0.3) is 5.91 Å². The van der Waals surface area contributed by atoms with E-state index in [1.54, 1.807) is 6.92 Å². The lowest BCUT2D eigenvalue weighted by Gasteiger charge is -2.27. The summed E-state index contributed by atoms with van der Waals surface area (Å²) in [6.07, 6.45) is 0. The molecule has 0 spiro atoms. The summed E-state index contributed by atoms with van der Waals surface area (Å²) in [6.45, 7) is 4.02. The summed E-state index contributed by atoms with van der Waals surface area (Å²) in [5.41, 5.74) is 7.05. The van der Waals surface area contributed by atoms with E-state index < -0.39 is 11.5 Å². The zero-order valence-corrected chi connectivity index (χ0v) is 13.1. The van der Waals surface area contributed by atoms with E-state index in [9.17, 15) is 4.79 Å². The van der Waals surface area contributed by atoms with Crippen molar-refractivity contribution in [3.05, 3.63) is 65.2 Å². The van der Waals surface area contributed by atoms with E-state index in [1.165, 1.54) is 7.11 Å². The van der Waals surface area contributed by atoms with E-state index in [4.69, 9.17) is 15.2 Å². The van der Waals surface area contributed by atoms with Gasteiger partial charge >= 0.3 is 0 Å². The van der Waals surface area contributed by atoms with Crippen molar-refractivity contribution in [3.63, 3.8) is 0 Å². The molecule has 2 N–H and O–H groups in total. The summed E-state index contributed by atoms with van der Waals surface area (Å²) in [7, 11) is 1.48. The van der Waals surface area contributed by atoms with Crippen LogP contribution in [0.1, 0.15) is 23.6 Å². The molecule has 1 amide bonds. The first-order valence-electron chi connectivity index (χ1n) is 7.10. The first kappa shape index (κ1) is 16.0. The maximum absolute atomic E-state index is 11.8. The van der Waals surface area contributed by atoms with Gasteiger partial charge in [-0.05, 0) is 42.7 Å². The molecule has 0 fully saturated rings. The Labute approximate surface area is 130 Å². The first-order valence-corrected chi connectivity index (χ1v) is 7.10. The lowest BCUT2D eigenvalue weighted by Crippen LogP contribution is -2.41. The number of ether oxygens (including phenoxy) is 2. The predicted octanol–water partition coefficient (Wildman–Crippen LogP) is 2.92. The van der Waals surface area contributed by atoms with E-state index in [-0.39, 0.29) is 0 Å². The van der Waals surface area contributed by atoms with Crippen molar-refractivity contribution in [1.29, 1.82) is 0 Å². The van der Waals surface area contributed by atoms with Crippen LogP contribution < -0.4 is 10.5 Å². The minimum absolute atomic E-state index is 0.339. The van der Waals surface area contributed by atoms with Gasteiger partial charge < -0.3 is 15.2 Å². The van der Waals surface area contributed by atoms with Crippen molar-refractivity contribution in [3.8, 4) is 5.75 Å². The molecule has 2 rings (SSSR count). The van der Waals surface area contributed by atoms with Crippen LogP contribution in [0.3, 0.4) is 0 Å². The van der Waals surface area contributed by atoms with E-state index in [0.717, 1.165) is 22.4 Å². The number of aryl methyl sites for hydroxylation is 1. The van der Waals surface area contributed by atoms with Crippen molar-refractivity contribution in [2.24, 2.45) is 5.73 Å². The van der Waals surface area contributed by atoms with Crippen LogP contribution in [0, 0.1) is 6.92 Å². The molecule has 0 aromatic heterocycles. The Balaban J connectivity index is 2.27. The van der Waals surface area contributed by atoms with Gasteiger partial charge in [-0.3, -0.25) is 4.79 Å². The Morgan fingerprint density at radius 2 is 1.91 bits per heavy atom. The zero-order valence-electron chi connectivity index (χ0n) is 13.1. The SMILES string of the molecule is COC(C)(C(N)=O)c1ccccc1COc1cccc(C)c1. The Morgan fingerprint density at radius 3 is 2.55 bits per heavy atom. The normalized spacial score (nSPS) is 13.4. The average molecular weight is 299 g/mol. The largest absolute Gasteiger partial charge is 0.489 e. The Hall–Kier alpha value is -2.33. The third-order valence-electron chi connectivity index (χ3n) is 3.79. The molecule has 22 heavy (non-hydrogen) atoms. The lowest BCUT2D eigenvalue weighted by atomic mass is 9.91. The van der Waals surface area contributed by atoms with Gasteiger partial charge in [0, 0.05) is 7.11 Å². The average Bonchev–Trinajstić information content (AvgIpc) is 2.52. The molecule has 0 aliphatic heterocycles. The molecular formula is C18H21NO3. The van der Waals surface area contributed by atoms with Gasteiger partial charge in [-0.15, -0.1) is 0 Å². The molecule has 2 aromatic carbocycles. The molecule has 0 aliphatic rings. The van der Waals surface area contributed by atoms with Gasteiger partial charge in [0.05, 0.1) is 0 Å². The maximum Gasteiger partial charge on any atom is 0.254 e. The number of nitrogens with two attached hydrogens (primary N) is 1. The number of hydrogen-bond acceptors (Lipinski definition) is 3. The van der Waals surface area contributed by atoms with Crippen LogP contribution in [0.5, 0.6) is 5.75 Å². The maximum atomic E-state index is 11.8. The second-order valence-corrected chi connectivity index (χ2v) is 5.36. The molecule has 2 aromatic rings. The summed E-state index contributed by atoms with van der Waals surface area (Å²) in [4.78, 5) is 11.8. The fraction of sp³-hybridized carbons (Fsp3) is 0.278. The number of carbonyl (C=O) groups excluding carboxylic acids is 1. The van der Waals surface area contributed by atoms with Crippen LogP contribution in [0.15, 0.2) is 48.5 Å². The van der Waals surface area contributed by atoms with Gasteiger partial charge in [0.1, 0.15) is 12.4 Å². The summed E-state index contributed by atoms with van der Waals surface area (Å²) < 4.78 is 11.2. The highest BCUT2D eigenvalue weighted by molar-refractivity contribution is 5.85. The number of benzene rings is 2. The second-order valence-electron chi connectivity index (χ2n) is 5.36. The minimum Gasteiger partial charge on any atom is -0.489 e. The van der Waals surface area contributed by atoms with Gasteiger partial charge in [-0.1, -0.05) is 36.4 Å². The molecule has 0 bridgehead atoms. The van der Waals surface area contributed by atoms with E-state index in [1.807, 2.05) is 55.5 Å². The fourth-order valence-corrected chi connectivity index (χ4v) is 2.32. The standard InChI is InChI=1S/C18H21NO3/c1-13-7-6-9-15(11-13)22-12-14-8-4-5-10-16(14)18(2,21-3)17(19)20/h4-11H,12H2,1-3H3,(H2,19,20). The topological polar surface area (TPSA) is 61.5 Å². The van der Waals surface area contributed by atoms with Gasteiger partial charge in [0.15, 0.2) is 5.60 Å². The van der Waals surface area contributed by atoms with Gasteiger partial charge in [-0.25, -0.2) is 0 Å². The molecule has 0 aliphatic carbocycles. The highest BCUT2D eigenvalue weighted by atomic mass is 16.5. The predicted molar refractivity (Wildman–Crippen MR) is 85.5 cm³/mol. The fourth-order valence-electron chi connectivity index (χ4n) is 2.32. The molecule has 1 unspecified atom stereocenters. The molecule has 0 radical (unpaired) electrons. The van der Waals surface area contributed by atoms with Crippen LogP contribution in [0.2, 0.25) is 0 Å². The highest BCUT2D eigenvalue weighted by Gasteiger charge is 2.35. The highest BCUT2D eigenvalue weighted by Crippen LogP contribution is 2.28. The van der Waals surface area contributed by atoms with E-state index in [0.29, 0.717) is 6.61 Å². The van der Waals surface area contributed by atoms with Crippen molar-refractivity contribution in [1.82, 2.24) is 0 Å². The third kappa shape index (κ3) is 3.28. The molecule has 4 nitrogen and oxygen atoms in total. The van der Waals surface area contributed by atoms with Crippen molar-refractivity contribution >= 4 is 5.91 Å². The third-order valence-corrected chi connectivity index (χ3v) is 3.79. The Morgan fingerprint density at radius 1 is 1.18 bits per heavy atom. The molecule has 0 saturated carbocycles.